The first kappa shape index (κ1) is 26.6. The fourth-order valence-corrected chi connectivity index (χ4v) is 6.95. The van der Waals surface area contributed by atoms with E-state index in [0.717, 1.165) is 5.57 Å². The van der Waals surface area contributed by atoms with E-state index in [1.807, 2.05) is 6.08 Å². The quantitative estimate of drug-likeness (QED) is 0.204. The molecule has 1 saturated heterocycles. The molecule has 2 N–H and O–H groups in total. The Morgan fingerprint density at radius 3 is 2.58 bits per heavy atom. The zero-order chi connectivity index (χ0) is 27.3. The number of halogens is 2. The number of hydrogen-bond donors (Lipinski definition) is 2. The van der Waals surface area contributed by atoms with E-state index in [0.29, 0.717) is 36.3 Å². The summed E-state index contributed by atoms with van der Waals surface area (Å²) in [4.78, 5) is 65.4. The number of likely N-dealkylation sites (tertiary alicyclic amines) is 1. The second-order valence-corrected chi connectivity index (χ2v) is 11.4. The highest BCUT2D eigenvalue weighted by molar-refractivity contribution is 9.12. The Balaban J connectivity index is 1.51. The lowest BCUT2D eigenvalue weighted by Gasteiger charge is -2.42. The number of carboxylic acids is 1. The third kappa shape index (κ3) is 4.45. The Bertz CT molecular complexity index is 1380. The highest BCUT2D eigenvalue weighted by Crippen LogP contribution is 2.56. The maximum atomic E-state index is 13.6. The number of benzene rings is 1. The van der Waals surface area contributed by atoms with Gasteiger partial charge in [-0.1, -0.05) is 29.7 Å². The summed E-state index contributed by atoms with van der Waals surface area (Å²) in [6, 6.07) is 4.53. The minimum absolute atomic E-state index is 0.0361. The van der Waals surface area contributed by atoms with Crippen molar-refractivity contribution in [3.63, 3.8) is 0 Å². The van der Waals surface area contributed by atoms with Gasteiger partial charge < -0.3 is 10.2 Å². The Labute approximate surface area is 232 Å². The van der Waals surface area contributed by atoms with Crippen LogP contribution >= 0.6 is 27.5 Å². The molecule has 4 aliphatic rings. The Hall–Kier alpha value is -3.04. The molecule has 5 rings (SSSR count). The summed E-state index contributed by atoms with van der Waals surface area (Å²) in [6.45, 7) is 0.213. The van der Waals surface area contributed by atoms with Gasteiger partial charge in [0.15, 0.2) is 11.6 Å². The third-order valence-corrected chi connectivity index (χ3v) is 8.82. The number of amides is 2. The summed E-state index contributed by atoms with van der Waals surface area (Å²) in [5.74, 6) is -4.77. The Morgan fingerprint density at radius 1 is 1.08 bits per heavy atom. The summed E-state index contributed by atoms with van der Waals surface area (Å²) in [6.07, 6.45) is 5.15. The molecule has 10 heteroatoms. The molecule has 1 fully saturated rings. The van der Waals surface area contributed by atoms with Gasteiger partial charge in [0, 0.05) is 46.7 Å². The second kappa shape index (κ2) is 10.3. The topological polar surface area (TPSA) is 129 Å². The van der Waals surface area contributed by atoms with Crippen LogP contribution in [0.15, 0.2) is 51.6 Å². The molecule has 1 aliphatic heterocycles. The van der Waals surface area contributed by atoms with E-state index in [9.17, 15) is 29.1 Å². The molecule has 3 aliphatic carbocycles. The molecule has 8 nitrogen and oxygen atoms in total. The highest BCUT2D eigenvalue weighted by atomic mass is 79.9. The normalized spacial score (nSPS) is 26.6. The van der Waals surface area contributed by atoms with Crippen molar-refractivity contribution in [1.29, 1.82) is 0 Å². The maximum absolute atomic E-state index is 13.6. The maximum Gasteiger partial charge on any atom is 0.303 e. The van der Waals surface area contributed by atoms with E-state index in [4.69, 9.17) is 16.7 Å². The summed E-state index contributed by atoms with van der Waals surface area (Å²) in [7, 11) is 0. The van der Waals surface area contributed by atoms with E-state index in [2.05, 4.69) is 15.9 Å². The molecule has 2 amide bonds. The number of carbonyl (C=O) groups excluding carboxylic acids is 4. The number of phenolic OH excluding ortho intramolecular Hbond substituents is 1. The fraction of sp³-hybridized carbons (Fsp3) is 0.393. The van der Waals surface area contributed by atoms with Crippen LogP contribution in [0.4, 0.5) is 0 Å². The van der Waals surface area contributed by atoms with Crippen LogP contribution in [0.3, 0.4) is 0 Å². The molecule has 0 saturated carbocycles. The fourth-order valence-electron chi connectivity index (χ4n) is 6.33. The second-order valence-electron chi connectivity index (χ2n) is 10.1. The molecule has 0 radical (unpaired) electrons. The molecular weight excluding hydrogens is 578 g/mol. The molecule has 0 bridgehead atoms. The third-order valence-electron chi connectivity index (χ3n) is 8.00. The van der Waals surface area contributed by atoms with Gasteiger partial charge in [0.25, 0.3) is 0 Å². The number of carbonyl (C=O) groups is 5. The van der Waals surface area contributed by atoms with E-state index in [1.54, 1.807) is 6.07 Å². The highest BCUT2D eigenvalue weighted by Gasteiger charge is 2.56. The number of nitrogens with zero attached hydrogens (tertiary/aromatic N) is 1. The number of fused-ring (bicyclic) bond motifs is 3. The monoisotopic (exact) mass is 601 g/mol. The molecule has 0 aromatic heterocycles. The smallest absolute Gasteiger partial charge is 0.303 e. The van der Waals surface area contributed by atoms with Crippen LogP contribution < -0.4 is 0 Å². The van der Waals surface area contributed by atoms with Gasteiger partial charge in [0.05, 0.1) is 16.3 Å². The van der Waals surface area contributed by atoms with Crippen LogP contribution in [0.2, 0.25) is 5.02 Å². The van der Waals surface area contributed by atoms with Gasteiger partial charge in [-0.15, -0.1) is 0 Å². The van der Waals surface area contributed by atoms with Crippen molar-refractivity contribution in [1.82, 2.24) is 4.90 Å². The largest absolute Gasteiger partial charge is 0.508 e. The lowest BCUT2D eigenvalue weighted by Crippen LogP contribution is -2.39. The van der Waals surface area contributed by atoms with Crippen LogP contribution in [-0.4, -0.2) is 51.0 Å². The minimum Gasteiger partial charge on any atom is -0.508 e. The molecule has 4 atom stereocenters. The van der Waals surface area contributed by atoms with Gasteiger partial charge >= 0.3 is 5.97 Å². The van der Waals surface area contributed by atoms with Crippen LogP contribution in [-0.2, 0) is 24.0 Å². The van der Waals surface area contributed by atoms with Crippen LogP contribution in [0, 0.1) is 17.8 Å². The zero-order valence-electron chi connectivity index (χ0n) is 20.3. The van der Waals surface area contributed by atoms with Crippen molar-refractivity contribution in [2.24, 2.45) is 17.8 Å². The number of aliphatic carboxylic acids is 1. The number of rotatable bonds is 7. The van der Waals surface area contributed by atoms with Gasteiger partial charge in [-0.25, -0.2) is 0 Å². The minimum atomic E-state index is -0.883. The molecular formula is C28H25BrClNO7. The van der Waals surface area contributed by atoms with E-state index in [1.165, 1.54) is 23.1 Å². The van der Waals surface area contributed by atoms with Gasteiger partial charge in [0.2, 0.25) is 11.8 Å². The predicted octanol–water partition coefficient (Wildman–Crippen LogP) is 4.45. The number of Topliss-reactive ketones (excluding diaryl/α,β-unsaturated/α-hetero) is 1. The van der Waals surface area contributed by atoms with Gasteiger partial charge in [-0.05, 0) is 65.7 Å². The van der Waals surface area contributed by atoms with Gasteiger partial charge in [0.1, 0.15) is 5.75 Å². The summed E-state index contributed by atoms with van der Waals surface area (Å²) in [5, 5.41) is 20.0. The number of unbranched alkanes of at least 4 members (excludes halogenated alkanes) is 2. The first-order chi connectivity index (χ1) is 18.1. The first-order valence-corrected chi connectivity index (χ1v) is 13.7. The van der Waals surface area contributed by atoms with Crippen LogP contribution in [0.25, 0.3) is 0 Å². The standard InChI is InChI=1S/C28H25BrClNO7/c29-19-12-21(33)25-18(26(19)36)11-16-14(23(25)17-10-13(30)5-8-20(17)32)6-7-15-24(16)28(38)31(27(15)37)9-3-1-2-4-22(34)35/h5-6,8,10,12,15-16,23-24,32H,1-4,7,9,11H2,(H,34,35)/t15-,16+,23+,24-/m0/s1. The van der Waals surface area contributed by atoms with Gasteiger partial charge in [-0.2, -0.15) is 0 Å². The van der Waals surface area contributed by atoms with Crippen molar-refractivity contribution in [2.75, 3.05) is 6.54 Å². The number of imide groups is 1. The molecule has 1 aromatic rings. The lowest BCUT2D eigenvalue weighted by atomic mass is 9.59. The number of aromatic hydroxyl groups is 1. The first-order valence-electron chi connectivity index (χ1n) is 12.5. The number of carboxylic acid groups (broad SMARTS) is 1. The lowest BCUT2D eigenvalue weighted by molar-refractivity contribution is -0.141. The average Bonchev–Trinajstić information content (AvgIpc) is 3.12. The van der Waals surface area contributed by atoms with E-state index in [-0.39, 0.29) is 64.1 Å². The Kier molecular flexibility index (Phi) is 7.17. The van der Waals surface area contributed by atoms with Crippen molar-refractivity contribution < 1.29 is 34.2 Å². The summed E-state index contributed by atoms with van der Waals surface area (Å²) >= 11 is 9.45. The van der Waals surface area contributed by atoms with Gasteiger partial charge in [-0.3, -0.25) is 28.9 Å². The van der Waals surface area contributed by atoms with Crippen molar-refractivity contribution in [2.45, 2.75) is 44.4 Å². The summed E-state index contributed by atoms with van der Waals surface area (Å²) in [5.41, 5.74) is 1.66. The van der Waals surface area contributed by atoms with E-state index < -0.39 is 29.6 Å². The SMILES string of the molecule is O=C(O)CCCCCN1C(=O)[C@H]2[C@H](CC=C3[C@H](c4cc(Cl)ccc4O)C4=C(C[C@H]32)C(=O)C(Br)=CC4=O)C1=O. The van der Waals surface area contributed by atoms with Crippen LogP contribution in [0.5, 0.6) is 5.75 Å². The van der Waals surface area contributed by atoms with Crippen molar-refractivity contribution in [3.8, 4) is 5.75 Å². The Morgan fingerprint density at radius 2 is 1.84 bits per heavy atom. The van der Waals surface area contributed by atoms with Crippen LogP contribution in [0.1, 0.15) is 50.0 Å². The van der Waals surface area contributed by atoms with Crippen molar-refractivity contribution in [3.05, 3.63) is 62.1 Å². The molecule has 0 unspecified atom stereocenters. The summed E-state index contributed by atoms with van der Waals surface area (Å²) < 4.78 is 0.131. The molecule has 0 spiro atoms. The molecule has 1 heterocycles. The average molecular weight is 603 g/mol. The van der Waals surface area contributed by atoms with Crippen molar-refractivity contribution >= 4 is 56.9 Å². The van der Waals surface area contributed by atoms with E-state index >= 15 is 0 Å². The molecule has 38 heavy (non-hydrogen) atoms. The number of phenols is 1. The predicted molar refractivity (Wildman–Crippen MR) is 141 cm³/mol. The molecule has 198 valence electrons. The zero-order valence-corrected chi connectivity index (χ0v) is 22.6. The number of ketones is 2. The number of hydrogen-bond acceptors (Lipinski definition) is 6. The number of allylic oxidation sites excluding steroid dienone is 6. The molecule has 1 aromatic carbocycles.